The van der Waals surface area contributed by atoms with Crippen molar-refractivity contribution in [2.24, 2.45) is 5.73 Å². The molecule has 2 aromatic rings. The summed E-state index contributed by atoms with van der Waals surface area (Å²) in [5.41, 5.74) is 18.0. The number of nitrogen functional groups attached to an aromatic ring is 2. The van der Waals surface area contributed by atoms with Crippen LogP contribution >= 0.6 is 0 Å². The van der Waals surface area contributed by atoms with Gasteiger partial charge in [0.25, 0.3) is 5.91 Å². The van der Waals surface area contributed by atoms with Crippen LogP contribution in [-0.4, -0.2) is 15.7 Å². The van der Waals surface area contributed by atoms with E-state index in [-0.39, 0.29) is 11.4 Å². The summed E-state index contributed by atoms with van der Waals surface area (Å²) < 4.78 is 1.38. The van der Waals surface area contributed by atoms with Crippen molar-refractivity contribution in [3.8, 4) is 5.69 Å². The van der Waals surface area contributed by atoms with E-state index >= 15 is 0 Å². The van der Waals surface area contributed by atoms with E-state index in [9.17, 15) is 4.79 Å². The normalized spacial score (nSPS) is 10.2. The van der Waals surface area contributed by atoms with Crippen LogP contribution in [0.15, 0.2) is 30.5 Å². The number of amides is 1. The monoisotopic (exact) mass is 217 g/mol. The van der Waals surface area contributed by atoms with Crippen LogP contribution in [0.1, 0.15) is 10.4 Å². The quantitative estimate of drug-likeness (QED) is 0.620. The fourth-order valence-electron chi connectivity index (χ4n) is 1.42. The molecule has 0 radical (unpaired) electrons. The molecule has 6 heteroatoms. The van der Waals surface area contributed by atoms with Gasteiger partial charge in [0.1, 0.15) is 11.4 Å². The van der Waals surface area contributed by atoms with Crippen LogP contribution in [-0.2, 0) is 0 Å². The smallest absolute Gasteiger partial charge is 0.254 e. The predicted molar refractivity (Wildman–Crippen MR) is 60.9 cm³/mol. The van der Waals surface area contributed by atoms with Crippen LogP contribution in [0.25, 0.3) is 5.69 Å². The lowest BCUT2D eigenvalue weighted by molar-refractivity contribution is 0.100. The molecule has 1 aromatic carbocycles. The highest BCUT2D eigenvalue weighted by Crippen LogP contribution is 2.21. The lowest BCUT2D eigenvalue weighted by Crippen LogP contribution is -2.13. The number of hydrogen-bond acceptors (Lipinski definition) is 4. The van der Waals surface area contributed by atoms with Crippen LogP contribution in [0.5, 0.6) is 0 Å². The number of benzene rings is 1. The van der Waals surface area contributed by atoms with E-state index in [0.717, 1.165) is 0 Å². The van der Waals surface area contributed by atoms with Crippen molar-refractivity contribution in [2.45, 2.75) is 0 Å². The standard InChI is InChI=1S/C10H11N5O/c11-7-3-1-2-4-8(7)15-9(12)6(5-14-15)10(13)16/h1-5H,11-12H2,(H2,13,16). The molecule has 6 nitrogen and oxygen atoms in total. The molecule has 0 saturated heterocycles. The van der Waals surface area contributed by atoms with E-state index in [4.69, 9.17) is 17.2 Å². The van der Waals surface area contributed by atoms with Crippen LogP contribution in [0, 0.1) is 0 Å². The third-order valence-corrected chi connectivity index (χ3v) is 2.24. The van der Waals surface area contributed by atoms with Gasteiger partial charge in [0.15, 0.2) is 0 Å². The Balaban J connectivity index is 2.58. The number of carbonyl (C=O) groups excluding carboxylic acids is 1. The van der Waals surface area contributed by atoms with Crippen LogP contribution in [0.4, 0.5) is 11.5 Å². The molecular formula is C10H11N5O. The molecule has 0 bridgehead atoms. The van der Waals surface area contributed by atoms with Gasteiger partial charge in [-0.3, -0.25) is 4.79 Å². The molecular weight excluding hydrogens is 206 g/mol. The second-order valence-corrected chi connectivity index (χ2v) is 3.28. The summed E-state index contributed by atoms with van der Waals surface area (Å²) in [7, 11) is 0. The zero-order valence-electron chi connectivity index (χ0n) is 8.42. The van der Waals surface area contributed by atoms with Gasteiger partial charge >= 0.3 is 0 Å². The summed E-state index contributed by atoms with van der Waals surface area (Å²) in [6, 6.07) is 7.08. The van der Waals surface area contributed by atoms with E-state index < -0.39 is 5.91 Å². The summed E-state index contributed by atoms with van der Waals surface area (Å²) in [6.07, 6.45) is 1.32. The van der Waals surface area contributed by atoms with Crippen LogP contribution in [0.2, 0.25) is 0 Å². The lowest BCUT2D eigenvalue weighted by Gasteiger charge is -2.06. The average Bonchev–Trinajstić information content (AvgIpc) is 2.61. The zero-order chi connectivity index (χ0) is 11.7. The number of primary amides is 1. The summed E-state index contributed by atoms with van der Waals surface area (Å²) >= 11 is 0. The maximum absolute atomic E-state index is 11.0. The fraction of sp³-hybridized carbons (Fsp3) is 0. The van der Waals surface area contributed by atoms with E-state index in [1.807, 2.05) is 0 Å². The Kier molecular flexibility index (Phi) is 2.24. The van der Waals surface area contributed by atoms with Crippen molar-refractivity contribution in [1.82, 2.24) is 9.78 Å². The van der Waals surface area contributed by atoms with Crippen LogP contribution in [0.3, 0.4) is 0 Å². The minimum absolute atomic E-state index is 0.184. The molecule has 0 atom stereocenters. The van der Waals surface area contributed by atoms with Crippen LogP contribution < -0.4 is 17.2 Å². The SMILES string of the molecule is NC(=O)c1cnn(-c2ccccc2N)c1N. The lowest BCUT2D eigenvalue weighted by atomic mass is 10.2. The summed E-state index contributed by atoms with van der Waals surface area (Å²) in [6.45, 7) is 0. The second-order valence-electron chi connectivity index (χ2n) is 3.28. The van der Waals surface area contributed by atoms with E-state index in [2.05, 4.69) is 5.10 Å². The van der Waals surface area contributed by atoms with Gasteiger partial charge in [-0.25, -0.2) is 4.68 Å². The van der Waals surface area contributed by atoms with Gasteiger partial charge in [0.2, 0.25) is 0 Å². The van der Waals surface area contributed by atoms with Gasteiger partial charge < -0.3 is 17.2 Å². The number of rotatable bonds is 2. The Bertz CT molecular complexity index is 546. The number of nitrogens with zero attached hydrogens (tertiary/aromatic N) is 2. The molecule has 0 fully saturated rings. The second kappa shape index (κ2) is 3.58. The molecule has 2 rings (SSSR count). The minimum atomic E-state index is -0.613. The molecule has 0 aliphatic heterocycles. The first-order chi connectivity index (χ1) is 7.61. The predicted octanol–water partition coefficient (Wildman–Crippen LogP) is 0.136. The molecule has 82 valence electrons. The third kappa shape index (κ3) is 1.46. The number of para-hydroxylation sites is 2. The number of anilines is 2. The Labute approximate surface area is 91.6 Å². The summed E-state index contributed by atoms with van der Waals surface area (Å²) in [5, 5.41) is 3.98. The summed E-state index contributed by atoms with van der Waals surface area (Å²) in [5.74, 6) is -0.427. The molecule has 0 spiro atoms. The average molecular weight is 217 g/mol. The molecule has 6 N–H and O–H groups in total. The van der Waals surface area contributed by atoms with Crippen molar-refractivity contribution in [3.63, 3.8) is 0 Å². The topological polar surface area (TPSA) is 113 Å². The highest BCUT2D eigenvalue weighted by atomic mass is 16.1. The van der Waals surface area contributed by atoms with E-state index in [1.54, 1.807) is 24.3 Å². The van der Waals surface area contributed by atoms with Gasteiger partial charge in [0, 0.05) is 0 Å². The van der Waals surface area contributed by atoms with Crippen molar-refractivity contribution in [2.75, 3.05) is 11.5 Å². The van der Waals surface area contributed by atoms with Crippen molar-refractivity contribution >= 4 is 17.4 Å². The highest BCUT2D eigenvalue weighted by molar-refractivity contribution is 5.97. The fourth-order valence-corrected chi connectivity index (χ4v) is 1.42. The number of carbonyl (C=O) groups is 1. The Hall–Kier alpha value is -2.50. The molecule has 1 aromatic heterocycles. The number of nitrogens with two attached hydrogens (primary N) is 3. The molecule has 0 saturated carbocycles. The molecule has 1 heterocycles. The van der Waals surface area contributed by atoms with Crippen molar-refractivity contribution in [1.29, 1.82) is 0 Å². The molecule has 0 aliphatic rings. The highest BCUT2D eigenvalue weighted by Gasteiger charge is 2.14. The first-order valence-corrected chi connectivity index (χ1v) is 4.59. The Morgan fingerprint density at radius 3 is 2.50 bits per heavy atom. The van der Waals surface area contributed by atoms with Crippen molar-refractivity contribution in [3.05, 3.63) is 36.0 Å². The van der Waals surface area contributed by atoms with Gasteiger partial charge in [-0.15, -0.1) is 0 Å². The van der Waals surface area contributed by atoms with Crippen molar-refractivity contribution < 1.29 is 4.79 Å². The minimum Gasteiger partial charge on any atom is -0.397 e. The number of aromatic nitrogens is 2. The third-order valence-electron chi connectivity index (χ3n) is 2.24. The van der Waals surface area contributed by atoms with Gasteiger partial charge in [-0.1, -0.05) is 12.1 Å². The maximum Gasteiger partial charge on any atom is 0.254 e. The Morgan fingerprint density at radius 2 is 1.94 bits per heavy atom. The number of hydrogen-bond donors (Lipinski definition) is 3. The maximum atomic E-state index is 11.0. The molecule has 0 unspecified atom stereocenters. The molecule has 16 heavy (non-hydrogen) atoms. The zero-order valence-corrected chi connectivity index (χ0v) is 8.42. The Morgan fingerprint density at radius 1 is 1.25 bits per heavy atom. The van der Waals surface area contributed by atoms with E-state index in [1.165, 1.54) is 10.9 Å². The first kappa shape index (κ1) is 10.0. The van der Waals surface area contributed by atoms with Gasteiger partial charge in [-0.2, -0.15) is 5.10 Å². The first-order valence-electron chi connectivity index (χ1n) is 4.59. The van der Waals surface area contributed by atoms with Gasteiger partial charge in [-0.05, 0) is 12.1 Å². The molecule has 1 amide bonds. The molecule has 0 aliphatic carbocycles. The summed E-state index contributed by atoms with van der Waals surface area (Å²) in [4.78, 5) is 11.0. The van der Waals surface area contributed by atoms with E-state index in [0.29, 0.717) is 11.4 Å². The largest absolute Gasteiger partial charge is 0.397 e. The van der Waals surface area contributed by atoms with Gasteiger partial charge in [0.05, 0.1) is 17.6 Å².